The van der Waals surface area contributed by atoms with Gasteiger partial charge in [-0.2, -0.15) is 22.0 Å². The van der Waals surface area contributed by atoms with Gasteiger partial charge in [0.2, 0.25) is 0 Å². The third kappa shape index (κ3) is 2.71. The number of hydrogen-bond donors (Lipinski definition) is 1. The van der Waals surface area contributed by atoms with Gasteiger partial charge in [-0.1, -0.05) is 18.2 Å². The average molecular weight is 257 g/mol. The number of nitrogens with two attached hydrogens (primary N) is 1. The van der Waals surface area contributed by atoms with Crippen molar-refractivity contribution in [3.63, 3.8) is 0 Å². The lowest BCUT2D eigenvalue weighted by atomic mass is 10.0. The van der Waals surface area contributed by atoms with Gasteiger partial charge in [0.15, 0.2) is 0 Å². The summed E-state index contributed by atoms with van der Waals surface area (Å²) in [6, 6.07) is 3.12. The Morgan fingerprint density at radius 2 is 1.71 bits per heavy atom. The van der Waals surface area contributed by atoms with Crippen molar-refractivity contribution in [2.24, 2.45) is 5.73 Å². The normalized spacial score (nSPS) is 14.8. The molecular weight excluding hydrogens is 248 g/mol. The fourth-order valence-corrected chi connectivity index (χ4v) is 1.23. The maximum absolute atomic E-state index is 13.1. The lowest BCUT2D eigenvalue weighted by Gasteiger charge is -2.20. The summed E-state index contributed by atoms with van der Waals surface area (Å²) >= 11 is 0. The minimum absolute atomic E-state index is 0.297. The van der Waals surface area contributed by atoms with Gasteiger partial charge in [0, 0.05) is 12.1 Å². The van der Waals surface area contributed by atoms with Crippen molar-refractivity contribution in [3.05, 3.63) is 35.4 Å². The van der Waals surface area contributed by atoms with Crippen LogP contribution in [0.3, 0.4) is 0 Å². The van der Waals surface area contributed by atoms with E-state index in [0.717, 1.165) is 12.1 Å². The van der Waals surface area contributed by atoms with Gasteiger partial charge in [-0.05, 0) is 11.6 Å². The second kappa shape index (κ2) is 4.56. The predicted octanol–water partition coefficient (Wildman–Crippen LogP) is 3.31. The Balaban J connectivity index is 3.16. The zero-order chi connectivity index (χ0) is 13.3. The standard InChI is InChI=1S/C10H9F6N/c11-8(5-17)6-2-1-3-7(4-6)9(12,13)10(14,15)16/h1-4,8H,5,17H2. The van der Waals surface area contributed by atoms with Crippen molar-refractivity contribution in [2.75, 3.05) is 6.54 Å². The van der Waals surface area contributed by atoms with Crippen molar-refractivity contribution in [3.8, 4) is 0 Å². The molecule has 0 radical (unpaired) electrons. The third-order valence-electron chi connectivity index (χ3n) is 2.17. The Labute approximate surface area is 93.2 Å². The molecule has 0 heterocycles. The van der Waals surface area contributed by atoms with Crippen LogP contribution in [0.5, 0.6) is 0 Å². The first-order valence-electron chi connectivity index (χ1n) is 4.59. The second-order valence-corrected chi connectivity index (χ2v) is 3.40. The topological polar surface area (TPSA) is 26.0 Å². The molecule has 1 aromatic rings. The molecule has 17 heavy (non-hydrogen) atoms. The molecule has 0 aliphatic rings. The van der Waals surface area contributed by atoms with E-state index in [-0.39, 0.29) is 5.56 Å². The minimum Gasteiger partial charge on any atom is -0.327 e. The van der Waals surface area contributed by atoms with Crippen molar-refractivity contribution in [1.29, 1.82) is 0 Å². The zero-order valence-corrected chi connectivity index (χ0v) is 8.44. The van der Waals surface area contributed by atoms with Crippen LogP contribution in [-0.2, 0) is 5.92 Å². The van der Waals surface area contributed by atoms with Crippen LogP contribution in [-0.4, -0.2) is 12.7 Å². The molecule has 1 aromatic carbocycles. The van der Waals surface area contributed by atoms with E-state index in [4.69, 9.17) is 5.73 Å². The van der Waals surface area contributed by atoms with Gasteiger partial charge < -0.3 is 5.73 Å². The van der Waals surface area contributed by atoms with E-state index in [1.807, 2.05) is 0 Å². The zero-order valence-electron chi connectivity index (χ0n) is 8.44. The van der Waals surface area contributed by atoms with E-state index in [0.29, 0.717) is 12.1 Å². The number of alkyl halides is 6. The number of halogens is 6. The first-order chi connectivity index (χ1) is 7.70. The fraction of sp³-hybridized carbons (Fsp3) is 0.400. The smallest absolute Gasteiger partial charge is 0.327 e. The van der Waals surface area contributed by atoms with Gasteiger partial charge in [0.1, 0.15) is 6.17 Å². The summed E-state index contributed by atoms with van der Waals surface area (Å²) in [5, 5.41) is 0. The highest BCUT2D eigenvalue weighted by Gasteiger charge is 2.58. The van der Waals surface area contributed by atoms with Gasteiger partial charge in [0.25, 0.3) is 0 Å². The van der Waals surface area contributed by atoms with Crippen molar-refractivity contribution >= 4 is 0 Å². The van der Waals surface area contributed by atoms with Gasteiger partial charge in [-0.15, -0.1) is 0 Å². The van der Waals surface area contributed by atoms with E-state index in [9.17, 15) is 26.3 Å². The van der Waals surface area contributed by atoms with Crippen LogP contribution in [0.25, 0.3) is 0 Å². The van der Waals surface area contributed by atoms with E-state index in [2.05, 4.69) is 0 Å². The number of hydrogen-bond acceptors (Lipinski definition) is 1. The van der Waals surface area contributed by atoms with Crippen LogP contribution in [0, 0.1) is 0 Å². The maximum atomic E-state index is 13.1. The molecule has 1 unspecified atom stereocenters. The Hall–Kier alpha value is -1.24. The third-order valence-corrected chi connectivity index (χ3v) is 2.17. The fourth-order valence-electron chi connectivity index (χ4n) is 1.23. The predicted molar refractivity (Wildman–Crippen MR) is 49.3 cm³/mol. The molecular formula is C10H9F6N. The molecule has 0 bridgehead atoms. The number of rotatable bonds is 3. The highest BCUT2D eigenvalue weighted by atomic mass is 19.4. The maximum Gasteiger partial charge on any atom is 0.458 e. The Kier molecular flexibility index (Phi) is 3.71. The van der Waals surface area contributed by atoms with Crippen LogP contribution in [0.15, 0.2) is 24.3 Å². The molecule has 1 rings (SSSR count). The SMILES string of the molecule is NCC(F)c1cccc(C(F)(F)C(F)(F)F)c1. The largest absolute Gasteiger partial charge is 0.458 e. The molecule has 1 nitrogen and oxygen atoms in total. The van der Waals surface area contributed by atoms with Crippen LogP contribution in [0.2, 0.25) is 0 Å². The quantitative estimate of drug-likeness (QED) is 0.826. The summed E-state index contributed by atoms with van der Waals surface area (Å²) < 4.78 is 75.1. The molecule has 2 N–H and O–H groups in total. The van der Waals surface area contributed by atoms with Gasteiger partial charge in [0.05, 0.1) is 0 Å². The van der Waals surface area contributed by atoms with E-state index in [1.54, 1.807) is 0 Å². The van der Waals surface area contributed by atoms with Crippen molar-refractivity contribution < 1.29 is 26.3 Å². The second-order valence-electron chi connectivity index (χ2n) is 3.40. The lowest BCUT2D eigenvalue weighted by molar-refractivity contribution is -0.289. The van der Waals surface area contributed by atoms with Crippen LogP contribution >= 0.6 is 0 Å². The first kappa shape index (κ1) is 13.8. The first-order valence-corrected chi connectivity index (χ1v) is 4.59. The molecule has 7 heteroatoms. The Morgan fingerprint density at radius 1 is 1.12 bits per heavy atom. The molecule has 96 valence electrons. The van der Waals surface area contributed by atoms with Gasteiger partial charge in [-0.25, -0.2) is 4.39 Å². The highest BCUT2D eigenvalue weighted by molar-refractivity contribution is 5.29. The summed E-state index contributed by atoms with van der Waals surface area (Å²) in [7, 11) is 0. The summed E-state index contributed by atoms with van der Waals surface area (Å²) in [5.74, 6) is -5.00. The number of benzene rings is 1. The van der Waals surface area contributed by atoms with Crippen LogP contribution in [0.1, 0.15) is 17.3 Å². The van der Waals surface area contributed by atoms with Crippen molar-refractivity contribution in [1.82, 2.24) is 0 Å². The highest BCUT2D eigenvalue weighted by Crippen LogP contribution is 2.44. The van der Waals surface area contributed by atoms with Crippen molar-refractivity contribution in [2.45, 2.75) is 18.3 Å². The molecule has 0 aliphatic carbocycles. The summed E-state index contributed by atoms with van der Waals surface area (Å²) in [6.07, 6.45) is -7.47. The molecule has 0 fully saturated rings. The average Bonchev–Trinajstić information content (AvgIpc) is 2.26. The Morgan fingerprint density at radius 3 is 2.18 bits per heavy atom. The molecule has 0 spiro atoms. The van der Waals surface area contributed by atoms with Gasteiger partial charge >= 0.3 is 12.1 Å². The molecule has 1 atom stereocenters. The summed E-state index contributed by atoms with van der Waals surface area (Å²) in [5.41, 5.74) is 3.37. The molecule has 0 saturated carbocycles. The monoisotopic (exact) mass is 257 g/mol. The van der Waals surface area contributed by atoms with E-state index < -0.39 is 30.4 Å². The summed E-state index contributed by atoms with van der Waals surface area (Å²) in [4.78, 5) is 0. The van der Waals surface area contributed by atoms with Gasteiger partial charge in [-0.3, -0.25) is 0 Å². The van der Waals surface area contributed by atoms with E-state index >= 15 is 0 Å². The van der Waals surface area contributed by atoms with Crippen LogP contribution < -0.4 is 5.73 Å². The molecule has 0 amide bonds. The summed E-state index contributed by atoms with van der Waals surface area (Å²) in [6.45, 7) is -0.485. The molecule has 0 aromatic heterocycles. The van der Waals surface area contributed by atoms with E-state index in [1.165, 1.54) is 0 Å². The lowest BCUT2D eigenvalue weighted by Crippen LogP contribution is -2.33. The Bertz CT molecular complexity index is 387. The molecule has 0 saturated heterocycles. The minimum atomic E-state index is -5.71. The molecule has 0 aliphatic heterocycles. The van der Waals surface area contributed by atoms with Crippen LogP contribution in [0.4, 0.5) is 26.3 Å².